The topological polar surface area (TPSA) is 150 Å². The lowest BCUT2D eigenvalue weighted by Gasteiger charge is -2.18. The highest BCUT2D eigenvalue weighted by Gasteiger charge is 2.21. The summed E-state index contributed by atoms with van der Waals surface area (Å²) in [6.07, 6.45) is 6.16. The largest absolute Gasteiger partial charge is 0.382 e. The molecule has 0 aliphatic carbocycles. The molecule has 0 amide bonds. The number of nitrogens with two attached hydrogens (primary N) is 2. The first-order valence-corrected chi connectivity index (χ1v) is 13.0. The van der Waals surface area contributed by atoms with Crippen LogP contribution >= 0.6 is 23.5 Å². The summed E-state index contributed by atoms with van der Waals surface area (Å²) in [5.74, 6) is 2.23. The highest BCUT2D eigenvalue weighted by atomic mass is 32.2. The number of unbranched alkanes of at least 4 members (excludes halogenated alkanes) is 1. The number of nitrogens with zero attached hydrogens (tertiary/aromatic N) is 4. The number of aromatic amines is 2. The Bertz CT molecular complexity index is 961. The maximum Gasteiger partial charge on any atom is 0.277 e. The average Bonchev–Trinajstić information content (AvgIpc) is 3.44. The Hall–Kier alpha value is -2.34. The molecule has 10 nitrogen and oxygen atoms in total. The van der Waals surface area contributed by atoms with Gasteiger partial charge in [-0.1, -0.05) is 23.5 Å². The molecule has 2 aliphatic rings. The average molecular weight is 479 g/mol. The Morgan fingerprint density at radius 1 is 0.719 bits per heavy atom. The van der Waals surface area contributed by atoms with Gasteiger partial charge in [-0.25, -0.2) is 9.97 Å². The van der Waals surface area contributed by atoms with Crippen LogP contribution in [0.15, 0.2) is 19.9 Å². The maximum atomic E-state index is 12.4. The van der Waals surface area contributed by atoms with Gasteiger partial charge < -0.3 is 21.3 Å². The molecule has 0 atom stereocenters. The van der Waals surface area contributed by atoms with Crippen LogP contribution < -0.4 is 32.4 Å². The van der Waals surface area contributed by atoms with Gasteiger partial charge in [-0.2, -0.15) is 0 Å². The first-order valence-electron chi connectivity index (χ1n) is 11.1. The van der Waals surface area contributed by atoms with Crippen molar-refractivity contribution < 1.29 is 0 Å². The number of H-pyrrole nitrogens is 2. The molecule has 0 saturated carbocycles. The number of rotatable bonds is 9. The second-order valence-corrected chi connectivity index (χ2v) is 10.2. The summed E-state index contributed by atoms with van der Waals surface area (Å²) in [5.41, 5.74) is 12.8. The van der Waals surface area contributed by atoms with Crippen LogP contribution in [0.25, 0.3) is 0 Å². The van der Waals surface area contributed by atoms with E-state index in [-0.39, 0.29) is 11.1 Å². The number of nitrogens with one attached hydrogen (secondary N) is 2. The van der Waals surface area contributed by atoms with Gasteiger partial charge in [0.15, 0.2) is 21.9 Å². The summed E-state index contributed by atoms with van der Waals surface area (Å²) in [6.45, 7) is 3.41. The second kappa shape index (κ2) is 10.5. The molecule has 4 rings (SSSR count). The number of thioether (sulfide) groups is 2. The van der Waals surface area contributed by atoms with Gasteiger partial charge in [0.25, 0.3) is 11.1 Å². The fraction of sp³-hybridized carbons (Fsp3) is 0.600. The van der Waals surface area contributed by atoms with Crippen molar-refractivity contribution in [3.05, 3.63) is 20.7 Å². The van der Waals surface area contributed by atoms with Gasteiger partial charge in [0, 0.05) is 37.7 Å². The Morgan fingerprint density at radius 3 is 1.44 bits per heavy atom. The van der Waals surface area contributed by atoms with Crippen molar-refractivity contribution in [1.82, 2.24) is 19.9 Å². The molecule has 4 heterocycles. The first kappa shape index (κ1) is 22.8. The van der Waals surface area contributed by atoms with Gasteiger partial charge in [0.05, 0.1) is 0 Å². The van der Waals surface area contributed by atoms with E-state index in [4.69, 9.17) is 11.5 Å². The zero-order valence-corrected chi connectivity index (χ0v) is 19.7. The van der Waals surface area contributed by atoms with Gasteiger partial charge in [0.1, 0.15) is 11.4 Å². The monoisotopic (exact) mass is 478 g/mol. The summed E-state index contributed by atoms with van der Waals surface area (Å²) in [5, 5.41) is 1.11. The molecule has 0 unspecified atom stereocenters. The fourth-order valence-corrected chi connectivity index (χ4v) is 5.84. The van der Waals surface area contributed by atoms with Crippen molar-refractivity contribution in [2.45, 2.75) is 48.8 Å². The van der Waals surface area contributed by atoms with Gasteiger partial charge in [-0.3, -0.25) is 19.6 Å². The minimum atomic E-state index is -0.164. The Labute approximate surface area is 195 Å². The Balaban J connectivity index is 1.22. The predicted octanol–water partition coefficient (Wildman–Crippen LogP) is 1.88. The van der Waals surface area contributed by atoms with Gasteiger partial charge in [0.2, 0.25) is 0 Å². The summed E-state index contributed by atoms with van der Waals surface area (Å²) in [6, 6.07) is 0. The van der Waals surface area contributed by atoms with E-state index in [1.165, 1.54) is 23.5 Å². The highest BCUT2D eigenvalue weighted by Crippen LogP contribution is 2.25. The van der Waals surface area contributed by atoms with Crippen LogP contribution in [0.4, 0.5) is 23.0 Å². The normalized spacial score (nSPS) is 16.2. The van der Waals surface area contributed by atoms with Crippen molar-refractivity contribution in [3.63, 3.8) is 0 Å². The Morgan fingerprint density at radius 2 is 1.09 bits per heavy atom. The Kier molecular flexibility index (Phi) is 7.51. The number of hydrogen-bond acceptors (Lipinski definition) is 10. The summed E-state index contributed by atoms with van der Waals surface area (Å²) in [7, 11) is 0. The summed E-state index contributed by atoms with van der Waals surface area (Å²) < 4.78 is 0. The van der Waals surface area contributed by atoms with Crippen LogP contribution in [0, 0.1) is 0 Å². The molecule has 32 heavy (non-hydrogen) atoms. The number of anilines is 4. The minimum Gasteiger partial charge on any atom is -0.382 e. The molecule has 12 heteroatoms. The van der Waals surface area contributed by atoms with Gasteiger partial charge >= 0.3 is 0 Å². The first-order chi connectivity index (χ1) is 15.5. The quantitative estimate of drug-likeness (QED) is 0.239. The van der Waals surface area contributed by atoms with E-state index in [0.29, 0.717) is 33.3 Å². The van der Waals surface area contributed by atoms with Crippen LogP contribution in [0.2, 0.25) is 0 Å². The van der Waals surface area contributed by atoms with Gasteiger partial charge in [-0.05, 0) is 38.5 Å². The fourth-order valence-electron chi connectivity index (χ4n) is 4.10. The van der Waals surface area contributed by atoms with E-state index >= 15 is 0 Å². The second-order valence-electron chi connectivity index (χ2n) is 8.00. The highest BCUT2D eigenvalue weighted by molar-refractivity contribution is 7.99. The van der Waals surface area contributed by atoms with E-state index in [0.717, 1.165) is 76.2 Å². The smallest absolute Gasteiger partial charge is 0.277 e. The molecular weight excluding hydrogens is 448 g/mol. The third kappa shape index (κ3) is 5.34. The van der Waals surface area contributed by atoms with E-state index in [1.54, 1.807) is 0 Å². The van der Waals surface area contributed by atoms with Crippen LogP contribution in [0.5, 0.6) is 0 Å². The lowest BCUT2D eigenvalue weighted by molar-refractivity contribution is 0.870. The summed E-state index contributed by atoms with van der Waals surface area (Å²) >= 11 is 2.99. The number of nitrogen functional groups attached to an aromatic ring is 2. The third-order valence-electron chi connectivity index (χ3n) is 5.66. The standard InChI is InChI=1S/C20H30N8O2S2/c21-15-13(27-7-1-2-8-27)17(29)25-19(23-15)31-11-5-6-12-32-20-24-16(22)14(18(30)26-20)28-9-3-4-10-28/h1-12H2,(H3,21,23,25,29)(H3,22,24,26,30). The van der Waals surface area contributed by atoms with Crippen LogP contribution in [0.1, 0.15) is 38.5 Å². The molecule has 0 bridgehead atoms. The molecule has 2 aromatic heterocycles. The molecular formula is C20H30N8O2S2. The third-order valence-corrected chi connectivity index (χ3v) is 7.58. The van der Waals surface area contributed by atoms with Gasteiger partial charge in [-0.15, -0.1) is 0 Å². The molecule has 0 spiro atoms. The molecule has 2 fully saturated rings. The number of hydrogen-bond donors (Lipinski definition) is 4. The zero-order valence-electron chi connectivity index (χ0n) is 18.1. The van der Waals surface area contributed by atoms with Crippen molar-refractivity contribution in [1.29, 1.82) is 0 Å². The van der Waals surface area contributed by atoms with Crippen LogP contribution in [-0.2, 0) is 0 Å². The molecule has 0 radical (unpaired) electrons. The van der Waals surface area contributed by atoms with Crippen molar-refractivity contribution in [3.8, 4) is 0 Å². The van der Waals surface area contributed by atoms with E-state index in [9.17, 15) is 9.59 Å². The zero-order chi connectivity index (χ0) is 22.5. The van der Waals surface area contributed by atoms with Crippen molar-refractivity contribution >= 4 is 46.5 Å². The summed E-state index contributed by atoms with van der Waals surface area (Å²) in [4.78, 5) is 43.3. The van der Waals surface area contributed by atoms with E-state index in [2.05, 4.69) is 19.9 Å². The minimum absolute atomic E-state index is 0.164. The number of aromatic nitrogens is 4. The molecule has 2 aliphatic heterocycles. The maximum absolute atomic E-state index is 12.4. The van der Waals surface area contributed by atoms with E-state index in [1.807, 2.05) is 9.80 Å². The van der Waals surface area contributed by atoms with Crippen molar-refractivity contribution in [2.75, 3.05) is 59.0 Å². The molecule has 0 aromatic carbocycles. The van der Waals surface area contributed by atoms with E-state index < -0.39 is 0 Å². The van der Waals surface area contributed by atoms with Crippen molar-refractivity contribution in [2.24, 2.45) is 0 Å². The molecule has 2 saturated heterocycles. The van der Waals surface area contributed by atoms with Crippen LogP contribution in [-0.4, -0.2) is 57.6 Å². The molecule has 6 N–H and O–H groups in total. The molecule has 174 valence electrons. The predicted molar refractivity (Wildman–Crippen MR) is 132 cm³/mol. The lowest BCUT2D eigenvalue weighted by atomic mass is 10.4. The SMILES string of the molecule is Nc1nc(SCCCCSc2nc(N)c(N3CCCC3)c(=O)[nH]2)[nH]c(=O)c1N1CCCC1. The molecule has 2 aromatic rings. The van der Waals surface area contributed by atoms with Crippen LogP contribution in [0.3, 0.4) is 0 Å². The lowest BCUT2D eigenvalue weighted by Crippen LogP contribution is -2.28.